The summed E-state index contributed by atoms with van der Waals surface area (Å²) in [5.41, 5.74) is 3.23. The smallest absolute Gasteiger partial charge is 0.166 e. The highest BCUT2D eigenvalue weighted by Gasteiger charge is 2.12. The minimum absolute atomic E-state index is 0.190. The van der Waals surface area contributed by atoms with Gasteiger partial charge in [0.25, 0.3) is 0 Å². The fraction of sp³-hybridized carbons (Fsp3) is 0.333. The Hall–Kier alpha value is -1.87. The molecule has 3 rings (SSSR count). The summed E-state index contributed by atoms with van der Waals surface area (Å²) in [6, 6.07) is 10.5. The van der Waals surface area contributed by atoms with E-state index >= 15 is 0 Å². The van der Waals surface area contributed by atoms with E-state index in [-0.39, 0.29) is 5.75 Å². The fourth-order valence-corrected chi connectivity index (χ4v) is 2.76. The van der Waals surface area contributed by atoms with Crippen molar-refractivity contribution in [2.24, 2.45) is 0 Å². The zero-order valence-electron chi connectivity index (χ0n) is 12.1. The van der Waals surface area contributed by atoms with Gasteiger partial charge in [0, 0.05) is 0 Å². The van der Waals surface area contributed by atoms with Crippen LogP contribution in [0.15, 0.2) is 36.4 Å². The third-order valence-electron chi connectivity index (χ3n) is 3.99. The number of fused-ring (bicyclic) bond motifs is 1. The summed E-state index contributed by atoms with van der Waals surface area (Å²) >= 11 is 0. The first kappa shape index (κ1) is 14.1. The van der Waals surface area contributed by atoms with Gasteiger partial charge < -0.3 is 9.84 Å². The van der Waals surface area contributed by atoms with Gasteiger partial charge in [-0.15, -0.1) is 0 Å². The summed E-state index contributed by atoms with van der Waals surface area (Å²) in [6.07, 6.45) is 3.94. The molecule has 1 aliphatic carbocycles. The van der Waals surface area contributed by atoms with E-state index in [1.165, 1.54) is 30.0 Å². The maximum absolute atomic E-state index is 14.0. The summed E-state index contributed by atoms with van der Waals surface area (Å²) in [6.45, 7) is 1.61. The zero-order valence-corrected chi connectivity index (χ0v) is 12.1. The van der Waals surface area contributed by atoms with Gasteiger partial charge in [0.1, 0.15) is 5.75 Å². The number of aryl methyl sites for hydroxylation is 2. The molecule has 3 heteroatoms. The topological polar surface area (TPSA) is 29.5 Å². The largest absolute Gasteiger partial charge is 0.454 e. The molecule has 0 saturated carbocycles. The maximum Gasteiger partial charge on any atom is 0.166 e. The molecule has 2 aromatic rings. The van der Waals surface area contributed by atoms with Gasteiger partial charge in [-0.05, 0) is 73.6 Å². The van der Waals surface area contributed by atoms with Crippen molar-refractivity contribution < 1.29 is 14.2 Å². The first-order valence-corrected chi connectivity index (χ1v) is 7.40. The molecular weight excluding hydrogens is 267 g/mol. The first-order chi connectivity index (χ1) is 10.1. The Morgan fingerprint density at radius 2 is 1.81 bits per heavy atom. The van der Waals surface area contributed by atoms with E-state index in [0.29, 0.717) is 11.3 Å². The minimum atomic E-state index is -0.683. The Kier molecular flexibility index (Phi) is 3.93. The Morgan fingerprint density at radius 3 is 2.52 bits per heavy atom. The summed E-state index contributed by atoms with van der Waals surface area (Å²) < 4.78 is 19.7. The molecule has 0 saturated heterocycles. The molecule has 0 fully saturated rings. The van der Waals surface area contributed by atoms with Crippen LogP contribution in [0.1, 0.15) is 42.6 Å². The third kappa shape index (κ3) is 3.08. The van der Waals surface area contributed by atoms with Crippen LogP contribution in [0.3, 0.4) is 0 Å². The molecule has 1 atom stereocenters. The highest BCUT2D eigenvalue weighted by Crippen LogP contribution is 2.30. The molecule has 21 heavy (non-hydrogen) atoms. The Morgan fingerprint density at radius 1 is 1.05 bits per heavy atom. The minimum Gasteiger partial charge on any atom is -0.454 e. The number of hydrogen-bond donors (Lipinski definition) is 1. The van der Waals surface area contributed by atoms with Gasteiger partial charge in [-0.1, -0.05) is 12.1 Å². The van der Waals surface area contributed by atoms with Crippen LogP contribution in [0, 0.1) is 5.82 Å². The predicted octanol–water partition coefficient (Wildman–Crippen LogP) is 4.55. The fourth-order valence-electron chi connectivity index (χ4n) is 2.76. The average Bonchev–Trinajstić information content (AvgIpc) is 2.49. The van der Waals surface area contributed by atoms with Crippen molar-refractivity contribution >= 4 is 0 Å². The number of ether oxygens (including phenoxy) is 1. The number of hydrogen-bond acceptors (Lipinski definition) is 2. The number of halogens is 1. The molecule has 0 spiro atoms. The van der Waals surface area contributed by atoms with Crippen LogP contribution in [0.25, 0.3) is 0 Å². The second-order valence-corrected chi connectivity index (χ2v) is 5.61. The molecule has 110 valence electrons. The highest BCUT2D eigenvalue weighted by molar-refractivity contribution is 5.40. The van der Waals surface area contributed by atoms with Gasteiger partial charge in [0.2, 0.25) is 0 Å². The van der Waals surface area contributed by atoms with Gasteiger partial charge in [-0.3, -0.25) is 0 Å². The normalized spacial score (nSPS) is 15.4. The molecule has 0 unspecified atom stereocenters. The monoisotopic (exact) mass is 286 g/mol. The van der Waals surface area contributed by atoms with Crippen LogP contribution < -0.4 is 4.74 Å². The van der Waals surface area contributed by atoms with Crippen molar-refractivity contribution in [3.8, 4) is 11.5 Å². The number of aliphatic hydroxyl groups excluding tert-OH is 1. The van der Waals surface area contributed by atoms with Crippen molar-refractivity contribution in [1.82, 2.24) is 0 Å². The summed E-state index contributed by atoms with van der Waals surface area (Å²) in [5.74, 6) is 0.403. The number of aliphatic hydroxyl groups is 1. The third-order valence-corrected chi connectivity index (χ3v) is 3.99. The second-order valence-electron chi connectivity index (χ2n) is 5.61. The van der Waals surface area contributed by atoms with Gasteiger partial charge in [-0.2, -0.15) is 0 Å². The van der Waals surface area contributed by atoms with E-state index in [1.54, 1.807) is 19.1 Å². The van der Waals surface area contributed by atoms with E-state index < -0.39 is 11.9 Å². The van der Waals surface area contributed by atoms with Crippen LogP contribution in [-0.2, 0) is 12.8 Å². The molecule has 2 nitrogen and oxygen atoms in total. The van der Waals surface area contributed by atoms with Crippen molar-refractivity contribution in [2.75, 3.05) is 0 Å². The van der Waals surface area contributed by atoms with E-state index in [9.17, 15) is 9.50 Å². The lowest BCUT2D eigenvalue weighted by molar-refractivity contribution is 0.198. The van der Waals surface area contributed by atoms with Gasteiger partial charge in [0.15, 0.2) is 11.6 Å². The Balaban J connectivity index is 1.83. The molecule has 1 N–H and O–H groups in total. The van der Waals surface area contributed by atoms with Crippen LogP contribution in [0.4, 0.5) is 4.39 Å². The Bertz CT molecular complexity index is 650. The predicted molar refractivity (Wildman–Crippen MR) is 80.2 cm³/mol. The van der Waals surface area contributed by atoms with E-state index in [1.807, 2.05) is 12.1 Å². The molecule has 0 amide bonds. The molecule has 0 aliphatic heterocycles. The second kappa shape index (κ2) is 5.86. The lowest BCUT2D eigenvalue weighted by Gasteiger charge is -2.17. The molecule has 0 aromatic heterocycles. The van der Waals surface area contributed by atoms with Gasteiger partial charge >= 0.3 is 0 Å². The number of rotatable bonds is 3. The standard InChI is InChI=1S/C18H19FO2/c1-12(20)14-7-9-18(17(19)11-14)21-16-8-6-13-4-2-3-5-15(13)10-16/h6-12,20H,2-5H2,1H3/t12-/m1/s1. The molecule has 1 aliphatic rings. The molecule has 0 heterocycles. The summed E-state index contributed by atoms with van der Waals surface area (Å²) in [4.78, 5) is 0. The van der Waals surface area contributed by atoms with Crippen molar-refractivity contribution in [1.29, 1.82) is 0 Å². The first-order valence-electron chi connectivity index (χ1n) is 7.40. The number of benzene rings is 2. The molecule has 0 radical (unpaired) electrons. The SMILES string of the molecule is C[C@@H](O)c1ccc(Oc2ccc3c(c2)CCCC3)c(F)c1. The highest BCUT2D eigenvalue weighted by atomic mass is 19.1. The van der Waals surface area contributed by atoms with Crippen LogP contribution in [0.5, 0.6) is 11.5 Å². The van der Waals surface area contributed by atoms with E-state index in [0.717, 1.165) is 12.8 Å². The van der Waals surface area contributed by atoms with Crippen molar-refractivity contribution in [3.63, 3.8) is 0 Å². The quantitative estimate of drug-likeness (QED) is 0.897. The lowest BCUT2D eigenvalue weighted by atomic mass is 9.92. The van der Waals surface area contributed by atoms with Crippen LogP contribution >= 0.6 is 0 Å². The molecular formula is C18H19FO2. The maximum atomic E-state index is 14.0. The van der Waals surface area contributed by atoms with E-state index in [4.69, 9.17) is 4.74 Å². The summed E-state index contributed by atoms with van der Waals surface area (Å²) in [5, 5.41) is 9.45. The van der Waals surface area contributed by atoms with Crippen LogP contribution in [-0.4, -0.2) is 5.11 Å². The molecule has 0 bridgehead atoms. The summed E-state index contributed by atoms with van der Waals surface area (Å²) in [7, 11) is 0. The van der Waals surface area contributed by atoms with Crippen molar-refractivity contribution in [2.45, 2.75) is 38.7 Å². The lowest BCUT2D eigenvalue weighted by Crippen LogP contribution is -2.02. The van der Waals surface area contributed by atoms with E-state index in [2.05, 4.69) is 6.07 Å². The van der Waals surface area contributed by atoms with Crippen molar-refractivity contribution in [3.05, 3.63) is 58.9 Å². The average molecular weight is 286 g/mol. The zero-order chi connectivity index (χ0) is 14.8. The Labute approximate surface area is 124 Å². The van der Waals surface area contributed by atoms with Crippen LogP contribution in [0.2, 0.25) is 0 Å². The van der Waals surface area contributed by atoms with Gasteiger partial charge in [0.05, 0.1) is 6.10 Å². The van der Waals surface area contributed by atoms with Gasteiger partial charge in [-0.25, -0.2) is 4.39 Å². The molecule has 2 aromatic carbocycles.